The van der Waals surface area contributed by atoms with E-state index in [0.29, 0.717) is 12.3 Å². The summed E-state index contributed by atoms with van der Waals surface area (Å²) < 4.78 is 12.5. The van der Waals surface area contributed by atoms with Gasteiger partial charge in [-0.3, -0.25) is 4.99 Å². The number of rotatable bonds is 8. The van der Waals surface area contributed by atoms with E-state index in [4.69, 9.17) is 9.47 Å². The quantitative estimate of drug-likeness (QED) is 0.270. The third kappa shape index (κ3) is 6.38. The van der Waals surface area contributed by atoms with Crippen LogP contribution in [0.15, 0.2) is 65.9 Å². The van der Waals surface area contributed by atoms with E-state index >= 15 is 0 Å². The summed E-state index contributed by atoms with van der Waals surface area (Å²) in [6.45, 7) is 1.39. The van der Waals surface area contributed by atoms with Gasteiger partial charge in [0, 0.05) is 26.3 Å². The summed E-state index contributed by atoms with van der Waals surface area (Å²) in [6, 6.07) is 15.9. The fourth-order valence-electron chi connectivity index (χ4n) is 2.93. The fraction of sp³-hybridized carbons (Fsp3) is 0.273. The zero-order valence-corrected chi connectivity index (χ0v) is 19.8. The molecule has 2 N–H and O–H groups in total. The minimum atomic E-state index is 0. The molecule has 3 rings (SSSR count). The third-order valence-corrected chi connectivity index (χ3v) is 4.49. The number of benzene rings is 2. The molecule has 0 amide bonds. The second kappa shape index (κ2) is 12.1. The maximum absolute atomic E-state index is 5.35. The normalized spacial score (nSPS) is 10.8. The largest absolute Gasteiger partial charge is 0.493 e. The lowest BCUT2D eigenvalue weighted by Crippen LogP contribution is -2.37. The molecule has 160 valence electrons. The van der Waals surface area contributed by atoms with Crippen LogP contribution in [0, 0.1) is 0 Å². The van der Waals surface area contributed by atoms with Gasteiger partial charge in [0.15, 0.2) is 17.5 Å². The number of aromatic nitrogens is 2. The van der Waals surface area contributed by atoms with E-state index in [1.54, 1.807) is 21.3 Å². The van der Waals surface area contributed by atoms with Crippen LogP contribution in [0.4, 0.5) is 0 Å². The molecule has 0 saturated heterocycles. The van der Waals surface area contributed by atoms with Crippen LogP contribution in [0.2, 0.25) is 0 Å². The second-order valence-corrected chi connectivity index (χ2v) is 6.42. The number of hydrogen-bond donors (Lipinski definition) is 2. The van der Waals surface area contributed by atoms with Crippen molar-refractivity contribution in [1.82, 2.24) is 20.4 Å². The second-order valence-electron chi connectivity index (χ2n) is 6.42. The molecule has 1 heterocycles. The van der Waals surface area contributed by atoms with Gasteiger partial charge in [-0.25, -0.2) is 4.68 Å². The highest BCUT2D eigenvalue weighted by Gasteiger charge is 2.06. The van der Waals surface area contributed by atoms with Crippen molar-refractivity contribution in [3.8, 4) is 17.2 Å². The van der Waals surface area contributed by atoms with Gasteiger partial charge in [-0.1, -0.05) is 24.3 Å². The Morgan fingerprint density at radius 2 is 1.77 bits per heavy atom. The number of aliphatic imine (C=N–C) groups is 1. The van der Waals surface area contributed by atoms with Crippen LogP contribution in [0.1, 0.15) is 11.1 Å². The lowest BCUT2D eigenvalue weighted by molar-refractivity contribution is 0.354. The SMILES string of the molecule is CN=C(NCCc1cnn(-c2ccccc2)c1)NCc1ccc(OC)c(OC)c1.I. The molecule has 0 spiro atoms. The summed E-state index contributed by atoms with van der Waals surface area (Å²) in [7, 11) is 5.03. The van der Waals surface area contributed by atoms with Gasteiger partial charge in [0.1, 0.15) is 0 Å². The summed E-state index contributed by atoms with van der Waals surface area (Å²) in [5, 5.41) is 11.1. The number of halogens is 1. The van der Waals surface area contributed by atoms with E-state index in [0.717, 1.165) is 41.5 Å². The number of nitrogens with one attached hydrogen (secondary N) is 2. The summed E-state index contributed by atoms with van der Waals surface area (Å²) in [5.74, 6) is 2.18. The van der Waals surface area contributed by atoms with E-state index in [2.05, 4.69) is 26.9 Å². The monoisotopic (exact) mass is 521 g/mol. The van der Waals surface area contributed by atoms with Crippen molar-refractivity contribution in [2.45, 2.75) is 13.0 Å². The lowest BCUT2D eigenvalue weighted by atomic mass is 10.2. The molecule has 7 nitrogen and oxygen atoms in total. The average molecular weight is 521 g/mol. The molecule has 0 aliphatic heterocycles. The van der Waals surface area contributed by atoms with Crippen LogP contribution in [0.5, 0.6) is 11.5 Å². The smallest absolute Gasteiger partial charge is 0.191 e. The molecule has 0 aliphatic carbocycles. The van der Waals surface area contributed by atoms with Crippen molar-refractivity contribution in [2.75, 3.05) is 27.8 Å². The van der Waals surface area contributed by atoms with Crippen molar-refractivity contribution in [3.05, 3.63) is 72.1 Å². The van der Waals surface area contributed by atoms with Crippen LogP contribution >= 0.6 is 24.0 Å². The molecule has 8 heteroatoms. The lowest BCUT2D eigenvalue weighted by Gasteiger charge is -2.13. The Balaban J connectivity index is 0.00000320. The van der Waals surface area contributed by atoms with E-state index < -0.39 is 0 Å². The Morgan fingerprint density at radius 3 is 2.47 bits per heavy atom. The predicted molar refractivity (Wildman–Crippen MR) is 130 cm³/mol. The van der Waals surface area contributed by atoms with Gasteiger partial charge in [-0.2, -0.15) is 5.10 Å². The predicted octanol–water partition coefficient (Wildman–Crippen LogP) is 3.42. The van der Waals surface area contributed by atoms with Gasteiger partial charge in [0.05, 0.1) is 26.1 Å². The molecular weight excluding hydrogens is 493 g/mol. The highest BCUT2D eigenvalue weighted by Crippen LogP contribution is 2.27. The first-order valence-electron chi connectivity index (χ1n) is 9.48. The summed E-state index contributed by atoms with van der Waals surface area (Å²) in [6.07, 6.45) is 4.80. The van der Waals surface area contributed by atoms with E-state index in [-0.39, 0.29) is 24.0 Å². The summed E-state index contributed by atoms with van der Waals surface area (Å²) in [4.78, 5) is 4.28. The molecule has 0 aliphatic rings. The number of hydrogen-bond acceptors (Lipinski definition) is 4. The van der Waals surface area contributed by atoms with Gasteiger partial charge >= 0.3 is 0 Å². The zero-order chi connectivity index (χ0) is 20.5. The maximum Gasteiger partial charge on any atom is 0.191 e. The third-order valence-electron chi connectivity index (χ3n) is 4.49. The van der Waals surface area contributed by atoms with Gasteiger partial charge < -0.3 is 20.1 Å². The number of ether oxygens (including phenoxy) is 2. The van der Waals surface area contributed by atoms with Crippen LogP contribution in [0.25, 0.3) is 5.69 Å². The Labute approximate surface area is 194 Å². The first-order chi connectivity index (χ1) is 14.2. The molecular formula is C22H28IN5O2. The molecule has 0 atom stereocenters. The van der Waals surface area contributed by atoms with Gasteiger partial charge in [-0.15, -0.1) is 24.0 Å². The van der Waals surface area contributed by atoms with Gasteiger partial charge in [0.25, 0.3) is 0 Å². The number of methoxy groups -OCH3 is 2. The van der Waals surface area contributed by atoms with E-state index in [1.165, 1.54) is 0 Å². The van der Waals surface area contributed by atoms with Crippen molar-refractivity contribution in [1.29, 1.82) is 0 Å². The molecule has 0 radical (unpaired) electrons. The van der Waals surface area contributed by atoms with Crippen LogP contribution in [0.3, 0.4) is 0 Å². The Kier molecular flexibility index (Phi) is 9.46. The highest BCUT2D eigenvalue weighted by atomic mass is 127. The number of nitrogens with zero attached hydrogens (tertiary/aromatic N) is 3. The van der Waals surface area contributed by atoms with Crippen LogP contribution in [-0.2, 0) is 13.0 Å². The molecule has 1 aromatic heterocycles. The van der Waals surface area contributed by atoms with Gasteiger partial charge in [-0.05, 0) is 41.8 Å². The molecule has 0 saturated carbocycles. The minimum absolute atomic E-state index is 0. The van der Waals surface area contributed by atoms with Crippen LogP contribution < -0.4 is 20.1 Å². The maximum atomic E-state index is 5.35. The molecule has 2 aromatic carbocycles. The number of guanidine groups is 1. The van der Waals surface area contributed by atoms with Crippen molar-refractivity contribution >= 4 is 29.9 Å². The Morgan fingerprint density at radius 1 is 1.00 bits per heavy atom. The van der Waals surface area contributed by atoms with Crippen LogP contribution in [-0.4, -0.2) is 43.6 Å². The fourth-order valence-corrected chi connectivity index (χ4v) is 2.93. The summed E-state index contributed by atoms with van der Waals surface area (Å²) >= 11 is 0. The minimum Gasteiger partial charge on any atom is -0.493 e. The van der Waals surface area contributed by atoms with Crippen molar-refractivity contribution in [3.63, 3.8) is 0 Å². The zero-order valence-electron chi connectivity index (χ0n) is 17.5. The molecule has 0 unspecified atom stereocenters. The first-order valence-corrected chi connectivity index (χ1v) is 9.48. The van der Waals surface area contributed by atoms with Crippen molar-refractivity contribution < 1.29 is 9.47 Å². The molecule has 30 heavy (non-hydrogen) atoms. The summed E-state index contributed by atoms with van der Waals surface area (Å²) in [5.41, 5.74) is 3.30. The topological polar surface area (TPSA) is 72.7 Å². The van der Waals surface area contributed by atoms with E-state index in [9.17, 15) is 0 Å². The van der Waals surface area contributed by atoms with E-state index in [1.807, 2.05) is 59.4 Å². The Hall–Kier alpha value is -2.75. The standard InChI is InChI=1S/C22H27N5O2.HI/c1-23-22(25-14-17-9-10-20(28-2)21(13-17)29-3)24-12-11-18-15-26-27(16-18)19-7-5-4-6-8-19;/h4-10,13,15-16H,11-12,14H2,1-3H3,(H2,23,24,25);1H. The molecule has 3 aromatic rings. The van der Waals surface area contributed by atoms with Crippen molar-refractivity contribution in [2.24, 2.45) is 4.99 Å². The average Bonchev–Trinajstić information content (AvgIpc) is 3.25. The first kappa shape index (κ1) is 23.5. The molecule has 0 fully saturated rings. The highest BCUT2D eigenvalue weighted by molar-refractivity contribution is 14.0. The number of para-hydroxylation sites is 1. The molecule has 0 bridgehead atoms. The Bertz CT molecular complexity index is 944. The van der Waals surface area contributed by atoms with Gasteiger partial charge in [0.2, 0.25) is 0 Å².